The van der Waals surface area contributed by atoms with Crippen LogP contribution in [0.3, 0.4) is 0 Å². The topological polar surface area (TPSA) is 18.5 Å². The van der Waals surface area contributed by atoms with Gasteiger partial charge < -0.3 is 12.6 Å². The molecule has 0 bridgehead atoms. The molecule has 1 fully saturated rings. The molecule has 1 saturated heterocycles. The Morgan fingerprint density at radius 3 is 2.60 bits per heavy atom. The van der Waals surface area contributed by atoms with Crippen LogP contribution in [0.15, 0.2) is 30.3 Å². The van der Waals surface area contributed by atoms with Crippen LogP contribution in [0.25, 0.3) is 0 Å². The van der Waals surface area contributed by atoms with E-state index in [0.29, 0.717) is 0 Å². The van der Waals surface area contributed by atoms with Gasteiger partial charge >= 0.3 is 0 Å². The van der Waals surface area contributed by atoms with Crippen LogP contribution in [0.2, 0.25) is 0 Å². The lowest BCUT2D eigenvalue weighted by molar-refractivity contribution is 0.149. The van der Waals surface area contributed by atoms with Gasteiger partial charge in [-0.3, -0.25) is 10.3 Å². The van der Waals surface area contributed by atoms with E-state index < -0.39 is 0 Å². The predicted octanol–water partition coefficient (Wildman–Crippen LogP) is 1.29. The second-order valence-corrected chi connectivity index (χ2v) is 4.15. The molecule has 1 aromatic carbocycles. The summed E-state index contributed by atoms with van der Waals surface area (Å²) in [5.41, 5.74) is 4.51. The zero-order valence-corrected chi connectivity index (χ0v) is 9.87. The fraction of sp³-hybridized carbons (Fsp3) is 0.455. The molecule has 0 aromatic heterocycles. The van der Waals surface area contributed by atoms with Crippen molar-refractivity contribution in [2.24, 2.45) is 0 Å². The molecule has 82 valence electrons. The number of hydrogen-bond donors (Lipinski definition) is 1. The minimum atomic E-state index is -0.00907. The van der Waals surface area contributed by atoms with Gasteiger partial charge in [0.25, 0.3) is 0 Å². The fourth-order valence-corrected chi connectivity index (χ4v) is 2.48. The van der Waals surface area contributed by atoms with Crippen molar-refractivity contribution < 1.29 is 0 Å². The standard InChI is InChI=1S/C11H17N3S/c1-3-14-10(13(2)12-11(14)15)9-7-5-4-6-8-9/h4-8,10-12,15H,3H2,1-2H3/p-1. The molecule has 1 heterocycles. The summed E-state index contributed by atoms with van der Waals surface area (Å²) in [7, 11) is 2.03. The van der Waals surface area contributed by atoms with E-state index in [1.165, 1.54) is 5.56 Å². The van der Waals surface area contributed by atoms with Crippen LogP contribution in [0.4, 0.5) is 0 Å². The van der Waals surface area contributed by atoms with Crippen LogP contribution in [0, 0.1) is 0 Å². The molecule has 3 nitrogen and oxygen atoms in total. The fourth-order valence-electron chi connectivity index (χ4n) is 2.05. The lowest BCUT2D eigenvalue weighted by atomic mass is 10.1. The normalized spacial score (nSPS) is 28.5. The Morgan fingerprint density at radius 1 is 1.33 bits per heavy atom. The summed E-state index contributed by atoms with van der Waals surface area (Å²) in [6.45, 7) is 3.08. The third-order valence-electron chi connectivity index (χ3n) is 2.76. The summed E-state index contributed by atoms with van der Waals surface area (Å²) in [5.74, 6) is 0. The van der Waals surface area contributed by atoms with E-state index in [4.69, 9.17) is 12.6 Å². The van der Waals surface area contributed by atoms with Crippen molar-refractivity contribution in [3.8, 4) is 0 Å². The smallest absolute Gasteiger partial charge is 0.101 e. The molecule has 1 aliphatic rings. The minimum Gasteiger partial charge on any atom is -0.757 e. The van der Waals surface area contributed by atoms with Crippen molar-refractivity contribution in [1.29, 1.82) is 0 Å². The monoisotopic (exact) mass is 222 g/mol. The van der Waals surface area contributed by atoms with E-state index >= 15 is 0 Å². The molecule has 2 unspecified atom stereocenters. The average molecular weight is 222 g/mol. The molecule has 15 heavy (non-hydrogen) atoms. The van der Waals surface area contributed by atoms with Gasteiger partial charge in [0.05, 0.1) is 0 Å². The number of rotatable bonds is 2. The maximum absolute atomic E-state index is 5.35. The van der Waals surface area contributed by atoms with E-state index in [1.807, 2.05) is 13.1 Å². The van der Waals surface area contributed by atoms with E-state index in [2.05, 4.69) is 46.5 Å². The first kappa shape index (κ1) is 11.0. The molecule has 0 aliphatic carbocycles. The Morgan fingerprint density at radius 2 is 2.00 bits per heavy atom. The molecule has 2 rings (SSSR count). The van der Waals surface area contributed by atoms with Gasteiger partial charge in [-0.1, -0.05) is 37.3 Å². The quantitative estimate of drug-likeness (QED) is 0.760. The maximum atomic E-state index is 5.35. The molecule has 2 atom stereocenters. The Bertz CT molecular complexity index is 317. The van der Waals surface area contributed by atoms with Gasteiger partial charge in [0.1, 0.15) is 6.17 Å². The maximum Gasteiger partial charge on any atom is 0.101 e. The molecule has 4 heteroatoms. The van der Waals surface area contributed by atoms with Gasteiger partial charge in [0, 0.05) is 7.05 Å². The highest BCUT2D eigenvalue weighted by Crippen LogP contribution is 2.28. The first-order chi connectivity index (χ1) is 7.24. The van der Waals surface area contributed by atoms with Crippen LogP contribution >= 0.6 is 0 Å². The molecule has 0 saturated carbocycles. The lowest BCUT2D eigenvalue weighted by Gasteiger charge is -2.31. The van der Waals surface area contributed by atoms with E-state index in [1.54, 1.807) is 0 Å². The van der Waals surface area contributed by atoms with Crippen LogP contribution in [-0.4, -0.2) is 29.0 Å². The van der Waals surface area contributed by atoms with Gasteiger partial charge in [-0.25, -0.2) is 5.01 Å². The molecule has 1 N–H and O–H groups in total. The first-order valence-corrected chi connectivity index (χ1v) is 5.66. The van der Waals surface area contributed by atoms with Crippen molar-refractivity contribution >= 4 is 12.6 Å². The van der Waals surface area contributed by atoms with Gasteiger partial charge in [-0.2, -0.15) is 0 Å². The number of benzene rings is 1. The Labute approximate surface area is 96.4 Å². The predicted molar refractivity (Wildman–Crippen MR) is 63.6 cm³/mol. The van der Waals surface area contributed by atoms with Gasteiger partial charge in [-0.15, -0.1) is 0 Å². The van der Waals surface area contributed by atoms with Gasteiger partial charge in [-0.05, 0) is 17.6 Å². The highest BCUT2D eigenvalue weighted by Gasteiger charge is 2.30. The second kappa shape index (κ2) is 4.53. The van der Waals surface area contributed by atoms with Crippen LogP contribution in [0.5, 0.6) is 0 Å². The van der Waals surface area contributed by atoms with Gasteiger partial charge in [0.2, 0.25) is 0 Å². The zero-order chi connectivity index (χ0) is 10.8. The Balaban J connectivity index is 2.27. The largest absolute Gasteiger partial charge is 0.757 e. The third kappa shape index (κ3) is 2.03. The Kier molecular flexibility index (Phi) is 3.31. The molecular formula is C11H16N3S-. The van der Waals surface area contributed by atoms with Crippen molar-refractivity contribution in [3.63, 3.8) is 0 Å². The molecule has 0 amide bonds. The number of nitrogens with one attached hydrogen (secondary N) is 1. The summed E-state index contributed by atoms with van der Waals surface area (Å²) >= 11 is 5.35. The number of nitrogens with zero attached hydrogens (tertiary/aromatic N) is 2. The highest BCUT2D eigenvalue weighted by molar-refractivity contribution is 7.59. The lowest BCUT2D eigenvalue weighted by Crippen LogP contribution is -2.34. The Hall–Kier alpha value is -0.550. The summed E-state index contributed by atoms with van der Waals surface area (Å²) in [6.07, 6.45) is 0.249. The number of hydrogen-bond acceptors (Lipinski definition) is 4. The van der Waals surface area contributed by atoms with Crippen molar-refractivity contribution in [2.45, 2.75) is 18.6 Å². The highest BCUT2D eigenvalue weighted by atomic mass is 32.1. The summed E-state index contributed by atoms with van der Waals surface area (Å²) in [5, 5.41) is 2.08. The van der Waals surface area contributed by atoms with Crippen molar-refractivity contribution in [1.82, 2.24) is 15.3 Å². The van der Waals surface area contributed by atoms with Crippen LogP contribution < -0.4 is 5.43 Å². The zero-order valence-electron chi connectivity index (χ0n) is 9.05. The van der Waals surface area contributed by atoms with Crippen LogP contribution in [0.1, 0.15) is 18.7 Å². The van der Waals surface area contributed by atoms with Crippen LogP contribution in [-0.2, 0) is 12.6 Å². The molecule has 1 aromatic rings. The SMILES string of the molecule is CCN1C([S-])NN(C)C1c1ccccc1. The van der Waals surface area contributed by atoms with E-state index in [0.717, 1.165) is 6.54 Å². The summed E-state index contributed by atoms with van der Waals surface area (Å²) in [4.78, 5) is 2.25. The summed E-state index contributed by atoms with van der Waals surface area (Å²) in [6, 6.07) is 10.4. The third-order valence-corrected chi connectivity index (χ3v) is 3.14. The van der Waals surface area contributed by atoms with Crippen molar-refractivity contribution in [3.05, 3.63) is 35.9 Å². The minimum absolute atomic E-state index is 0.00907. The second-order valence-electron chi connectivity index (χ2n) is 3.71. The molecule has 1 aliphatic heterocycles. The number of hydrazine groups is 1. The van der Waals surface area contributed by atoms with Gasteiger partial charge in [0.15, 0.2) is 0 Å². The van der Waals surface area contributed by atoms with E-state index in [9.17, 15) is 0 Å². The molecule has 0 spiro atoms. The first-order valence-electron chi connectivity index (χ1n) is 5.19. The van der Waals surface area contributed by atoms with Crippen molar-refractivity contribution in [2.75, 3.05) is 13.6 Å². The van der Waals surface area contributed by atoms with E-state index in [-0.39, 0.29) is 11.7 Å². The average Bonchev–Trinajstić information content (AvgIpc) is 2.54. The molecular weight excluding hydrogens is 206 g/mol. The molecule has 0 radical (unpaired) electrons. The summed E-state index contributed by atoms with van der Waals surface area (Å²) < 4.78 is 0.